The van der Waals surface area contributed by atoms with Crippen LogP contribution >= 0.6 is 0 Å². The molecule has 2 aliphatic heterocycles. The van der Waals surface area contributed by atoms with Gasteiger partial charge in [-0.05, 0) is 25.5 Å². The lowest BCUT2D eigenvalue weighted by Gasteiger charge is -2.40. The first kappa shape index (κ1) is 19.2. The molecule has 0 bridgehead atoms. The zero-order valence-electron chi connectivity index (χ0n) is 16.4. The number of benzene rings is 1. The van der Waals surface area contributed by atoms with Gasteiger partial charge in [-0.3, -0.25) is 9.59 Å². The summed E-state index contributed by atoms with van der Waals surface area (Å²) in [5.41, 5.74) is 0.634. The molecule has 1 saturated heterocycles. The van der Waals surface area contributed by atoms with E-state index in [4.69, 9.17) is 4.74 Å². The van der Waals surface area contributed by atoms with E-state index in [1.165, 1.54) is 0 Å². The third-order valence-electron chi connectivity index (χ3n) is 5.28. The van der Waals surface area contributed by atoms with Crippen LogP contribution in [0, 0.1) is 5.41 Å². The maximum absolute atomic E-state index is 12.8. The fraction of sp³-hybridized carbons (Fsp3) is 0.381. The first-order valence-corrected chi connectivity index (χ1v) is 9.80. The summed E-state index contributed by atoms with van der Waals surface area (Å²) >= 11 is 0. The summed E-state index contributed by atoms with van der Waals surface area (Å²) in [7, 11) is 0. The van der Waals surface area contributed by atoms with Crippen LogP contribution in [0.2, 0.25) is 0 Å². The third-order valence-corrected chi connectivity index (χ3v) is 5.28. The highest BCUT2D eigenvalue weighted by Gasteiger charge is 2.43. The van der Waals surface area contributed by atoms with Crippen molar-refractivity contribution in [2.45, 2.75) is 19.4 Å². The summed E-state index contributed by atoms with van der Waals surface area (Å²) in [5, 5.41) is 13.5. The van der Waals surface area contributed by atoms with Gasteiger partial charge in [-0.2, -0.15) is 5.10 Å². The molecule has 29 heavy (non-hydrogen) atoms. The lowest BCUT2D eigenvalue weighted by atomic mass is 9.77. The van der Waals surface area contributed by atoms with Gasteiger partial charge in [0.15, 0.2) is 11.4 Å². The van der Waals surface area contributed by atoms with Crippen molar-refractivity contribution in [3.63, 3.8) is 0 Å². The second-order valence-electron chi connectivity index (χ2n) is 7.58. The van der Waals surface area contributed by atoms with Crippen LogP contribution < -0.4 is 20.7 Å². The van der Waals surface area contributed by atoms with E-state index >= 15 is 0 Å². The van der Waals surface area contributed by atoms with Crippen molar-refractivity contribution < 1.29 is 14.3 Å². The quantitative estimate of drug-likeness (QED) is 0.627. The van der Waals surface area contributed by atoms with Gasteiger partial charge in [-0.1, -0.05) is 30.4 Å². The Balaban J connectivity index is 1.59. The number of nitrogens with zero attached hydrogens (tertiary/aromatic N) is 2. The van der Waals surface area contributed by atoms with E-state index in [1.807, 2.05) is 49.4 Å². The minimum atomic E-state index is -0.423. The number of rotatable bonds is 1. The third kappa shape index (κ3) is 4.02. The molecule has 3 N–H and O–H groups in total. The van der Waals surface area contributed by atoms with Crippen molar-refractivity contribution in [1.29, 1.82) is 0 Å². The molecule has 0 aliphatic carbocycles. The van der Waals surface area contributed by atoms with E-state index in [1.54, 1.807) is 10.9 Å². The highest BCUT2D eigenvalue weighted by Crippen LogP contribution is 2.28. The van der Waals surface area contributed by atoms with Crippen molar-refractivity contribution in [2.24, 2.45) is 5.41 Å². The Morgan fingerprint density at radius 1 is 1.17 bits per heavy atom. The van der Waals surface area contributed by atoms with Crippen LogP contribution in [0.1, 0.15) is 23.8 Å². The lowest BCUT2D eigenvalue weighted by Crippen LogP contribution is -2.62. The zero-order valence-corrected chi connectivity index (χ0v) is 16.4. The number of aromatic nitrogens is 2. The number of fused-ring (bicyclic) bond motifs is 1. The van der Waals surface area contributed by atoms with E-state index in [9.17, 15) is 9.59 Å². The molecule has 1 atom stereocenters. The largest absolute Gasteiger partial charge is 0.485 e. The molecule has 152 valence electrons. The number of ether oxygens (including phenoxy) is 1. The van der Waals surface area contributed by atoms with Crippen molar-refractivity contribution in [1.82, 2.24) is 25.7 Å². The van der Waals surface area contributed by atoms with Gasteiger partial charge in [0.25, 0.3) is 5.91 Å². The molecule has 0 unspecified atom stereocenters. The highest BCUT2D eigenvalue weighted by atomic mass is 16.5. The minimum absolute atomic E-state index is 0.00835. The SMILES string of the molecule is C[C@@H]1CNC(=O)C2(C/C=C/COc3cn(-c4ccccc4)nc3C(=O)N1)CNC2. The Morgan fingerprint density at radius 3 is 2.69 bits per heavy atom. The molecule has 1 fully saturated rings. The van der Waals surface area contributed by atoms with Crippen LogP contribution in [-0.4, -0.2) is 53.9 Å². The van der Waals surface area contributed by atoms with Crippen LogP contribution in [0.4, 0.5) is 0 Å². The first-order chi connectivity index (χ1) is 14.1. The summed E-state index contributed by atoms with van der Waals surface area (Å²) in [6, 6.07) is 9.31. The number of allylic oxidation sites excluding steroid dienone is 1. The molecule has 1 aromatic heterocycles. The van der Waals surface area contributed by atoms with Crippen LogP contribution in [0.25, 0.3) is 5.69 Å². The van der Waals surface area contributed by atoms with Gasteiger partial charge in [0.2, 0.25) is 5.91 Å². The van der Waals surface area contributed by atoms with Crippen molar-refractivity contribution in [2.75, 3.05) is 26.2 Å². The van der Waals surface area contributed by atoms with E-state index in [-0.39, 0.29) is 23.6 Å². The summed E-state index contributed by atoms with van der Waals surface area (Å²) in [5.74, 6) is 0.0934. The summed E-state index contributed by atoms with van der Waals surface area (Å²) in [4.78, 5) is 25.4. The molecule has 8 heteroatoms. The molecule has 2 aliphatic rings. The first-order valence-electron chi connectivity index (χ1n) is 9.80. The normalized spacial score (nSPS) is 23.0. The average molecular weight is 395 g/mol. The standard InChI is InChI=1S/C21H25N5O3/c1-15-11-23-20(28)21(13-22-14-21)9-5-6-10-29-17-12-26(16-7-3-2-4-8-16)25-18(17)19(27)24-15/h2-8,12,15,22H,9-11,13-14H2,1H3,(H,23,28)(H,24,27)/b6-5+/t15-/m1/s1. The number of hydrogen-bond donors (Lipinski definition) is 3. The maximum atomic E-state index is 12.8. The molecule has 2 amide bonds. The van der Waals surface area contributed by atoms with E-state index in [0.29, 0.717) is 38.4 Å². The molecule has 1 aromatic carbocycles. The monoisotopic (exact) mass is 395 g/mol. The van der Waals surface area contributed by atoms with Crippen LogP contribution in [0.5, 0.6) is 5.75 Å². The predicted molar refractivity (Wildman–Crippen MR) is 108 cm³/mol. The zero-order chi connectivity index (χ0) is 20.3. The Labute approximate surface area is 169 Å². The fourth-order valence-electron chi connectivity index (χ4n) is 3.45. The summed E-state index contributed by atoms with van der Waals surface area (Å²) < 4.78 is 7.47. The summed E-state index contributed by atoms with van der Waals surface area (Å²) in [6.07, 6.45) is 6.21. The highest BCUT2D eigenvalue weighted by molar-refractivity contribution is 5.95. The molecule has 3 heterocycles. The predicted octanol–water partition coefficient (Wildman–Crippen LogP) is 1.04. The number of amides is 2. The molecular weight excluding hydrogens is 370 g/mol. The molecule has 0 radical (unpaired) electrons. The molecule has 1 spiro atoms. The van der Waals surface area contributed by atoms with Crippen LogP contribution in [-0.2, 0) is 4.79 Å². The van der Waals surface area contributed by atoms with Crippen LogP contribution in [0.15, 0.2) is 48.7 Å². The molecule has 0 saturated carbocycles. The van der Waals surface area contributed by atoms with E-state index in [0.717, 1.165) is 5.69 Å². The van der Waals surface area contributed by atoms with Crippen molar-refractivity contribution in [3.05, 3.63) is 54.4 Å². The number of hydrogen-bond acceptors (Lipinski definition) is 5. The lowest BCUT2D eigenvalue weighted by molar-refractivity contribution is -0.133. The number of para-hydroxylation sites is 1. The van der Waals surface area contributed by atoms with E-state index < -0.39 is 5.41 Å². The molecule has 8 nitrogen and oxygen atoms in total. The van der Waals surface area contributed by atoms with Gasteiger partial charge in [0.1, 0.15) is 6.61 Å². The Kier molecular flexibility index (Phi) is 5.35. The molecular formula is C21H25N5O3. The van der Waals surface area contributed by atoms with Crippen LogP contribution in [0.3, 0.4) is 0 Å². The van der Waals surface area contributed by atoms with Gasteiger partial charge in [0, 0.05) is 25.7 Å². The second-order valence-corrected chi connectivity index (χ2v) is 7.58. The van der Waals surface area contributed by atoms with Gasteiger partial charge < -0.3 is 20.7 Å². The Hall–Kier alpha value is -3.13. The average Bonchev–Trinajstić information content (AvgIpc) is 3.12. The molecule has 2 aromatic rings. The Morgan fingerprint density at radius 2 is 1.97 bits per heavy atom. The Bertz CT molecular complexity index is 918. The number of nitrogens with one attached hydrogen (secondary N) is 3. The van der Waals surface area contributed by atoms with Gasteiger partial charge in [-0.15, -0.1) is 0 Å². The number of carbonyl (C=O) groups is 2. The smallest absolute Gasteiger partial charge is 0.275 e. The second kappa shape index (κ2) is 8.08. The minimum Gasteiger partial charge on any atom is -0.485 e. The van der Waals surface area contributed by atoms with Gasteiger partial charge >= 0.3 is 0 Å². The van der Waals surface area contributed by atoms with Gasteiger partial charge in [-0.25, -0.2) is 4.68 Å². The summed E-state index contributed by atoms with van der Waals surface area (Å²) in [6.45, 7) is 3.80. The fourth-order valence-corrected chi connectivity index (χ4v) is 3.45. The van der Waals surface area contributed by atoms with Crippen molar-refractivity contribution >= 4 is 11.8 Å². The van der Waals surface area contributed by atoms with E-state index in [2.05, 4.69) is 21.0 Å². The van der Waals surface area contributed by atoms with Crippen molar-refractivity contribution in [3.8, 4) is 11.4 Å². The molecule has 4 rings (SSSR count). The topological polar surface area (TPSA) is 97.3 Å². The number of carbonyl (C=O) groups excluding carboxylic acids is 2. The maximum Gasteiger partial charge on any atom is 0.275 e. The van der Waals surface area contributed by atoms with Gasteiger partial charge in [0.05, 0.1) is 17.3 Å².